The highest BCUT2D eigenvalue weighted by molar-refractivity contribution is 5.79. The minimum absolute atomic E-state index is 0.160. The van der Waals surface area contributed by atoms with Gasteiger partial charge in [-0.05, 0) is 12.8 Å². The number of nitrogens with one attached hydrogen (secondary N) is 1. The van der Waals surface area contributed by atoms with Crippen molar-refractivity contribution in [3.63, 3.8) is 0 Å². The van der Waals surface area contributed by atoms with Crippen molar-refractivity contribution in [1.29, 1.82) is 0 Å². The lowest BCUT2D eigenvalue weighted by Gasteiger charge is -2.35. The van der Waals surface area contributed by atoms with E-state index in [-0.39, 0.29) is 12.6 Å². The zero-order valence-corrected chi connectivity index (χ0v) is 9.07. The van der Waals surface area contributed by atoms with Crippen molar-refractivity contribution in [2.24, 2.45) is 5.41 Å². The standard InChI is InChI=1S/C10H16N2O4/c13-8(14)10(1-5-16-6-2-10)7-12-4-3-11-9(12)15/h1-7H2,(H,11,15)(H,13,14). The first kappa shape index (κ1) is 11.2. The summed E-state index contributed by atoms with van der Waals surface area (Å²) in [7, 11) is 0. The summed E-state index contributed by atoms with van der Waals surface area (Å²) in [6.45, 7) is 2.40. The molecule has 0 bridgehead atoms. The molecule has 16 heavy (non-hydrogen) atoms. The lowest BCUT2D eigenvalue weighted by molar-refractivity contribution is -0.155. The number of carbonyl (C=O) groups is 2. The molecular weight excluding hydrogens is 212 g/mol. The van der Waals surface area contributed by atoms with Crippen molar-refractivity contribution in [1.82, 2.24) is 10.2 Å². The molecule has 0 aromatic rings. The molecule has 0 radical (unpaired) electrons. The summed E-state index contributed by atoms with van der Waals surface area (Å²) >= 11 is 0. The number of hydrogen-bond acceptors (Lipinski definition) is 3. The lowest BCUT2D eigenvalue weighted by Crippen LogP contribution is -2.47. The second-order valence-corrected chi connectivity index (χ2v) is 4.35. The number of rotatable bonds is 3. The van der Waals surface area contributed by atoms with Crippen molar-refractivity contribution in [2.75, 3.05) is 32.8 Å². The van der Waals surface area contributed by atoms with Crippen LogP contribution < -0.4 is 5.32 Å². The third-order valence-corrected chi connectivity index (χ3v) is 3.34. The molecule has 2 amide bonds. The van der Waals surface area contributed by atoms with E-state index in [0.29, 0.717) is 39.1 Å². The van der Waals surface area contributed by atoms with E-state index < -0.39 is 11.4 Å². The second-order valence-electron chi connectivity index (χ2n) is 4.35. The summed E-state index contributed by atoms with van der Waals surface area (Å²) in [4.78, 5) is 24.3. The fourth-order valence-corrected chi connectivity index (χ4v) is 2.23. The maximum Gasteiger partial charge on any atom is 0.317 e. The minimum atomic E-state index is -0.824. The van der Waals surface area contributed by atoms with Crippen molar-refractivity contribution in [2.45, 2.75) is 12.8 Å². The molecule has 2 saturated heterocycles. The molecule has 2 heterocycles. The van der Waals surface area contributed by atoms with Gasteiger partial charge in [0.1, 0.15) is 0 Å². The first-order valence-corrected chi connectivity index (χ1v) is 5.48. The van der Waals surface area contributed by atoms with E-state index in [1.165, 1.54) is 0 Å². The number of carbonyl (C=O) groups excluding carboxylic acids is 1. The molecule has 2 fully saturated rings. The molecule has 6 heteroatoms. The molecule has 0 aromatic heterocycles. The molecule has 0 aliphatic carbocycles. The molecule has 0 spiro atoms. The average molecular weight is 228 g/mol. The molecule has 0 atom stereocenters. The van der Waals surface area contributed by atoms with Crippen molar-refractivity contribution < 1.29 is 19.4 Å². The fraction of sp³-hybridized carbons (Fsp3) is 0.800. The molecule has 0 unspecified atom stereocenters. The van der Waals surface area contributed by atoms with Crippen LogP contribution in [0.15, 0.2) is 0 Å². The SMILES string of the molecule is O=C1NCCN1CC1(C(=O)O)CCOCC1. The summed E-state index contributed by atoms with van der Waals surface area (Å²) < 4.78 is 5.18. The van der Waals surface area contributed by atoms with Gasteiger partial charge in [0.25, 0.3) is 0 Å². The zero-order chi connectivity index (χ0) is 11.6. The van der Waals surface area contributed by atoms with E-state index in [9.17, 15) is 14.7 Å². The molecule has 0 saturated carbocycles. The van der Waals surface area contributed by atoms with Crippen LogP contribution >= 0.6 is 0 Å². The molecule has 2 N–H and O–H groups in total. The Bertz CT molecular complexity index is 299. The summed E-state index contributed by atoms with van der Waals surface area (Å²) in [5.74, 6) is -0.824. The van der Waals surface area contributed by atoms with E-state index in [1.807, 2.05) is 0 Å². The van der Waals surface area contributed by atoms with Gasteiger partial charge in [0, 0.05) is 32.8 Å². The van der Waals surface area contributed by atoms with Crippen molar-refractivity contribution >= 4 is 12.0 Å². The Hall–Kier alpha value is -1.30. The van der Waals surface area contributed by atoms with Crippen LogP contribution in [-0.4, -0.2) is 54.9 Å². The highest BCUT2D eigenvalue weighted by atomic mass is 16.5. The molecule has 6 nitrogen and oxygen atoms in total. The van der Waals surface area contributed by atoms with Gasteiger partial charge in [-0.15, -0.1) is 0 Å². The maximum absolute atomic E-state index is 11.4. The summed E-state index contributed by atoms with van der Waals surface area (Å²) in [5, 5.41) is 12.0. The number of aliphatic carboxylic acids is 1. The fourth-order valence-electron chi connectivity index (χ4n) is 2.23. The summed E-state index contributed by atoms with van der Waals surface area (Å²) in [5.41, 5.74) is -0.820. The number of nitrogens with zero attached hydrogens (tertiary/aromatic N) is 1. The van der Waals surface area contributed by atoms with Crippen LogP contribution in [0.3, 0.4) is 0 Å². The number of amides is 2. The van der Waals surface area contributed by atoms with Gasteiger partial charge in [-0.25, -0.2) is 4.79 Å². The number of carboxylic acid groups (broad SMARTS) is 1. The maximum atomic E-state index is 11.4. The monoisotopic (exact) mass is 228 g/mol. The number of ether oxygens (including phenoxy) is 1. The third-order valence-electron chi connectivity index (χ3n) is 3.34. The van der Waals surface area contributed by atoms with Crippen molar-refractivity contribution in [3.05, 3.63) is 0 Å². The van der Waals surface area contributed by atoms with E-state index in [1.54, 1.807) is 4.90 Å². The van der Waals surface area contributed by atoms with Gasteiger partial charge in [0.05, 0.1) is 5.41 Å². The topological polar surface area (TPSA) is 78.9 Å². The first-order valence-electron chi connectivity index (χ1n) is 5.48. The molecule has 2 aliphatic heterocycles. The predicted molar refractivity (Wildman–Crippen MR) is 55.1 cm³/mol. The van der Waals surface area contributed by atoms with Crippen LogP contribution in [0.2, 0.25) is 0 Å². The Morgan fingerprint density at radius 2 is 2.19 bits per heavy atom. The smallest absolute Gasteiger partial charge is 0.317 e. The lowest BCUT2D eigenvalue weighted by atomic mass is 9.80. The predicted octanol–water partition coefficient (Wildman–Crippen LogP) is -0.107. The average Bonchev–Trinajstić information content (AvgIpc) is 2.65. The molecular formula is C10H16N2O4. The van der Waals surface area contributed by atoms with Gasteiger partial charge in [0.15, 0.2) is 0 Å². The van der Waals surface area contributed by atoms with Gasteiger partial charge in [0.2, 0.25) is 0 Å². The van der Waals surface area contributed by atoms with Crippen LogP contribution in [0.1, 0.15) is 12.8 Å². The van der Waals surface area contributed by atoms with E-state index in [4.69, 9.17) is 4.74 Å². The van der Waals surface area contributed by atoms with E-state index in [2.05, 4.69) is 5.32 Å². The van der Waals surface area contributed by atoms with E-state index in [0.717, 1.165) is 0 Å². The van der Waals surface area contributed by atoms with Gasteiger partial charge < -0.3 is 20.1 Å². The number of hydrogen-bond donors (Lipinski definition) is 2. The molecule has 2 rings (SSSR count). The molecule has 0 aromatic carbocycles. The molecule has 2 aliphatic rings. The Morgan fingerprint density at radius 3 is 2.69 bits per heavy atom. The quantitative estimate of drug-likeness (QED) is 0.706. The number of urea groups is 1. The van der Waals surface area contributed by atoms with Gasteiger partial charge in [-0.2, -0.15) is 0 Å². The Kier molecular flexibility index (Phi) is 3.00. The number of carboxylic acids is 1. The summed E-state index contributed by atoms with van der Waals surface area (Å²) in [6, 6.07) is -0.160. The van der Waals surface area contributed by atoms with Crippen LogP contribution in [0.25, 0.3) is 0 Å². The minimum Gasteiger partial charge on any atom is -0.481 e. The highest BCUT2D eigenvalue weighted by Gasteiger charge is 2.43. The Morgan fingerprint density at radius 1 is 1.50 bits per heavy atom. The van der Waals surface area contributed by atoms with Gasteiger partial charge in [-0.3, -0.25) is 4.79 Å². The van der Waals surface area contributed by atoms with E-state index >= 15 is 0 Å². The van der Waals surface area contributed by atoms with Crippen LogP contribution in [0.4, 0.5) is 4.79 Å². The van der Waals surface area contributed by atoms with Gasteiger partial charge in [-0.1, -0.05) is 0 Å². The zero-order valence-electron chi connectivity index (χ0n) is 9.07. The first-order chi connectivity index (χ1) is 7.64. The Labute approximate surface area is 93.6 Å². The van der Waals surface area contributed by atoms with Crippen LogP contribution in [0.5, 0.6) is 0 Å². The largest absolute Gasteiger partial charge is 0.481 e. The Balaban J connectivity index is 2.07. The van der Waals surface area contributed by atoms with Crippen molar-refractivity contribution in [3.8, 4) is 0 Å². The van der Waals surface area contributed by atoms with Crippen LogP contribution in [-0.2, 0) is 9.53 Å². The highest BCUT2D eigenvalue weighted by Crippen LogP contribution is 2.32. The summed E-state index contributed by atoms with van der Waals surface area (Å²) in [6.07, 6.45) is 0.957. The second kappa shape index (κ2) is 4.29. The normalized spacial score (nSPS) is 24.2. The van der Waals surface area contributed by atoms with Crippen LogP contribution in [0, 0.1) is 5.41 Å². The van der Waals surface area contributed by atoms with Gasteiger partial charge >= 0.3 is 12.0 Å². The third kappa shape index (κ3) is 1.97. The molecule has 90 valence electrons.